The van der Waals surface area contributed by atoms with E-state index in [9.17, 15) is 0 Å². The van der Waals surface area contributed by atoms with E-state index < -0.39 is 0 Å². The average Bonchev–Trinajstić information content (AvgIpc) is 3.01. The monoisotopic (exact) mass is 268 g/mol. The number of nitrogens with one attached hydrogen (secondary N) is 1. The van der Waals surface area contributed by atoms with Gasteiger partial charge in [0.15, 0.2) is 0 Å². The van der Waals surface area contributed by atoms with Crippen molar-refractivity contribution >= 4 is 11.8 Å². The summed E-state index contributed by atoms with van der Waals surface area (Å²) in [6, 6.07) is 1.66. The van der Waals surface area contributed by atoms with Crippen LogP contribution in [0.1, 0.15) is 51.4 Å². The molecule has 2 unspecified atom stereocenters. The Morgan fingerprint density at radius 3 is 2.72 bits per heavy atom. The molecular weight excluding hydrogens is 240 g/mol. The molecule has 2 saturated heterocycles. The standard InChI is InChI=1S/C15H28N2S/c1-18-15(8-3-2-4-9-15)12-16-13-7-11-17-10-5-6-14(13)17/h13-14,16H,2-12H2,1H3. The number of fused-ring (bicyclic) bond motifs is 1. The molecule has 104 valence electrons. The third-order valence-corrected chi connectivity index (χ3v) is 6.91. The minimum Gasteiger partial charge on any atom is -0.311 e. The molecular formula is C15H28N2S. The molecule has 2 atom stereocenters. The maximum absolute atomic E-state index is 3.95. The van der Waals surface area contributed by atoms with Gasteiger partial charge in [0, 0.05) is 29.9 Å². The Morgan fingerprint density at radius 1 is 1.11 bits per heavy atom. The fraction of sp³-hybridized carbons (Fsp3) is 1.00. The minimum absolute atomic E-state index is 0.560. The van der Waals surface area contributed by atoms with Crippen molar-refractivity contribution in [3.63, 3.8) is 0 Å². The highest BCUT2D eigenvalue weighted by atomic mass is 32.2. The third-order valence-electron chi connectivity index (χ3n) is 5.49. The lowest BCUT2D eigenvalue weighted by Crippen LogP contribution is -2.47. The lowest BCUT2D eigenvalue weighted by molar-refractivity contribution is 0.288. The van der Waals surface area contributed by atoms with Gasteiger partial charge < -0.3 is 5.32 Å². The van der Waals surface area contributed by atoms with Gasteiger partial charge in [-0.05, 0) is 44.9 Å². The summed E-state index contributed by atoms with van der Waals surface area (Å²) in [7, 11) is 0. The highest BCUT2D eigenvalue weighted by Crippen LogP contribution is 2.38. The molecule has 2 heterocycles. The Morgan fingerprint density at radius 2 is 1.94 bits per heavy atom. The van der Waals surface area contributed by atoms with Crippen molar-refractivity contribution in [2.75, 3.05) is 25.9 Å². The van der Waals surface area contributed by atoms with Crippen LogP contribution in [0.15, 0.2) is 0 Å². The van der Waals surface area contributed by atoms with E-state index in [1.807, 2.05) is 0 Å². The molecule has 0 spiro atoms. The van der Waals surface area contributed by atoms with E-state index in [2.05, 4.69) is 28.2 Å². The van der Waals surface area contributed by atoms with Crippen LogP contribution in [0, 0.1) is 0 Å². The Balaban J connectivity index is 1.53. The molecule has 0 aromatic heterocycles. The first kappa shape index (κ1) is 13.3. The van der Waals surface area contributed by atoms with Crippen LogP contribution in [-0.2, 0) is 0 Å². The molecule has 3 fully saturated rings. The lowest BCUT2D eigenvalue weighted by atomic mass is 9.88. The molecule has 0 amide bonds. The summed E-state index contributed by atoms with van der Waals surface area (Å²) in [5.41, 5.74) is 0. The zero-order valence-corrected chi connectivity index (χ0v) is 12.6. The van der Waals surface area contributed by atoms with Gasteiger partial charge in [-0.1, -0.05) is 19.3 Å². The van der Waals surface area contributed by atoms with E-state index in [1.165, 1.54) is 71.0 Å². The van der Waals surface area contributed by atoms with Gasteiger partial charge in [-0.2, -0.15) is 11.8 Å². The Hall–Kier alpha value is 0.270. The predicted molar refractivity (Wildman–Crippen MR) is 80.3 cm³/mol. The van der Waals surface area contributed by atoms with E-state index in [0.717, 1.165) is 12.1 Å². The van der Waals surface area contributed by atoms with Gasteiger partial charge >= 0.3 is 0 Å². The topological polar surface area (TPSA) is 15.3 Å². The van der Waals surface area contributed by atoms with Crippen LogP contribution >= 0.6 is 11.8 Å². The highest BCUT2D eigenvalue weighted by Gasteiger charge is 2.38. The third kappa shape index (κ3) is 2.59. The van der Waals surface area contributed by atoms with Crippen LogP contribution in [0.4, 0.5) is 0 Å². The van der Waals surface area contributed by atoms with E-state index in [0.29, 0.717) is 4.75 Å². The van der Waals surface area contributed by atoms with Gasteiger partial charge in [0.2, 0.25) is 0 Å². The minimum atomic E-state index is 0.560. The van der Waals surface area contributed by atoms with Gasteiger partial charge in [-0.3, -0.25) is 4.90 Å². The summed E-state index contributed by atoms with van der Waals surface area (Å²) < 4.78 is 0.560. The Kier molecular flexibility index (Phi) is 4.21. The van der Waals surface area contributed by atoms with Crippen LogP contribution in [0.5, 0.6) is 0 Å². The van der Waals surface area contributed by atoms with Gasteiger partial charge in [0.25, 0.3) is 0 Å². The molecule has 3 aliphatic rings. The van der Waals surface area contributed by atoms with E-state index in [4.69, 9.17) is 0 Å². The van der Waals surface area contributed by atoms with Crippen LogP contribution in [0.25, 0.3) is 0 Å². The maximum atomic E-state index is 3.95. The largest absolute Gasteiger partial charge is 0.311 e. The Bertz CT molecular complexity index is 276. The smallest absolute Gasteiger partial charge is 0.0281 e. The number of rotatable bonds is 4. The fourth-order valence-corrected chi connectivity index (χ4v) is 5.21. The first-order valence-electron chi connectivity index (χ1n) is 7.86. The molecule has 2 aliphatic heterocycles. The summed E-state index contributed by atoms with van der Waals surface area (Å²) in [6.07, 6.45) is 13.8. The SMILES string of the molecule is CSC1(CNC2CCN3CCCC23)CCCCC1. The maximum Gasteiger partial charge on any atom is 0.0281 e. The zero-order valence-electron chi connectivity index (χ0n) is 11.8. The summed E-state index contributed by atoms with van der Waals surface area (Å²) in [6.45, 7) is 3.95. The molecule has 0 radical (unpaired) electrons. The second kappa shape index (κ2) is 5.72. The first-order chi connectivity index (χ1) is 8.83. The van der Waals surface area contributed by atoms with Gasteiger partial charge in [-0.15, -0.1) is 0 Å². The quantitative estimate of drug-likeness (QED) is 0.844. The van der Waals surface area contributed by atoms with Crippen molar-refractivity contribution in [3.05, 3.63) is 0 Å². The fourth-order valence-electron chi connectivity index (χ4n) is 4.29. The molecule has 1 aliphatic carbocycles. The highest BCUT2D eigenvalue weighted by molar-refractivity contribution is 8.00. The molecule has 0 aromatic rings. The van der Waals surface area contributed by atoms with E-state index in [-0.39, 0.29) is 0 Å². The van der Waals surface area contributed by atoms with Crippen LogP contribution in [0.2, 0.25) is 0 Å². The molecule has 0 bridgehead atoms. The van der Waals surface area contributed by atoms with Crippen molar-refractivity contribution in [1.82, 2.24) is 10.2 Å². The van der Waals surface area contributed by atoms with Crippen molar-refractivity contribution < 1.29 is 0 Å². The first-order valence-corrected chi connectivity index (χ1v) is 9.08. The number of hydrogen-bond donors (Lipinski definition) is 1. The van der Waals surface area contributed by atoms with Gasteiger partial charge in [0.1, 0.15) is 0 Å². The van der Waals surface area contributed by atoms with Crippen LogP contribution < -0.4 is 5.32 Å². The second-order valence-electron chi connectivity index (χ2n) is 6.47. The molecule has 1 N–H and O–H groups in total. The summed E-state index contributed by atoms with van der Waals surface area (Å²) in [4.78, 5) is 2.71. The molecule has 1 saturated carbocycles. The predicted octanol–water partition coefficient (Wildman–Crippen LogP) is 2.88. The zero-order chi connectivity index (χ0) is 12.4. The number of hydrogen-bond acceptors (Lipinski definition) is 3. The van der Waals surface area contributed by atoms with Crippen LogP contribution in [-0.4, -0.2) is 47.6 Å². The molecule has 3 heteroatoms. The Labute approximate surface area is 116 Å². The summed E-state index contributed by atoms with van der Waals surface area (Å²) >= 11 is 2.13. The average molecular weight is 268 g/mol. The van der Waals surface area contributed by atoms with Crippen molar-refractivity contribution in [3.8, 4) is 0 Å². The normalized spacial score (nSPS) is 35.8. The van der Waals surface area contributed by atoms with Crippen molar-refractivity contribution in [2.24, 2.45) is 0 Å². The number of nitrogens with zero attached hydrogens (tertiary/aromatic N) is 1. The summed E-state index contributed by atoms with van der Waals surface area (Å²) in [5, 5.41) is 3.95. The van der Waals surface area contributed by atoms with Gasteiger partial charge in [-0.25, -0.2) is 0 Å². The molecule has 18 heavy (non-hydrogen) atoms. The van der Waals surface area contributed by atoms with Crippen molar-refractivity contribution in [1.29, 1.82) is 0 Å². The van der Waals surface area contributed by atoms with E-state index >= 15 is 0 Å². The van der Waals surface area contributed by atoms with E-state index in [1.54, 1.807) is 0 Å². The molecule has 0 aromatic carbocycles. The number of thioether (sulfide) groups is 1. The lowest BCUT2D eigenvalue weighted by Gasteiger charge is -2.37. The molecule has 3 rings (SSSR count). The van der Waals surface area contributed by atoms with Gasteiger partial charge in [0.05, 0.1) is 0 Å². The van der Waals surface area contributed by atoms with Crippen molar-refractivity contribution in [2.45, 2.75) is 68.2 Å². The van der Waals surface area contributed by atoms with Crippen LogP contribution in [0.3, 0.4) is 0 Å². The second-order valence-corrected chi connectivity index (χ2v) is 7.74. The summed E-state index contributed by atoms with van der Waals surface area (Å²) in [5.74, 6) is 0. The molecule has 2 nitrogen and oxygen atoms in total.